The smallest absolute Gasteiger partial charge is 0.322 e. The van der Waals surface area contributed by atoms with Gasteiger partial charge in [-0.1, -0.05) is 26.8 Å². The fraction of sp³-hybridized carbons (Fsp3) is 0.650. The normalized spacial score (nSPS) is 18.6. The molecule has 146 valence electrons. The Labute approximate surface area is 157 Å². The highest BCUT2D eigenvalue weighted by Gasteiger charge is 2.24. The van der Waals surface area contributed by atoms with Gasteiger partial charge in [-0.25, -0.2) is 4.79 Å². The summed E-state index contributed by atoms with van der Waals surface area (Å²) in [4.78, 5) is 16.8. The monoisotopic (exact) mass is 363 g/mol. The molecule has 0 spiro atoms. The number of methoxy groups -OCH3 is 1. The van der Waals surface area contributed by atoms with E-state index in [1.165, 1.54) is 0 Å². The third kappa shape index (κ3) is 5.61. The Morgan fingerprint density at radius 1 is 1.38 bits per heavy atom. The number of carbonyl (C=O) groups is 1. The van der Waals surface area contributed by atoms with Gasteiger partial charge >= 0.3 is 6.03 Å². The van der Waals surface area contributed by atoms with Crippen LogP contribution in [0.3, 0.4) is 0 Å². The topological polar surface area (TPSA) is 54.0 Å². The maximum Gasteiger partial charge on any atom is 0.322 e. The SMILES string of the molecule is COc1ccc(C(C)(C)C)cc1NC(=O)N1CCOCC(CN(C)C)C1. The molecule has 0 saturated carbocycles. The zero-order chi connectivity index (χ0) is 19.3. The Morgan fingerprint density at radius 2 is 2.12 bits per heavy atom. The van der Waals surface area contributed by atoms with Crippen LogP contribution in [-0.2, 0) is 10.2 Å². The molecular weight excluding hydrogens is 330 g/mol. The number of benzene rings is 1. The van der Waals surface area contributed by atoms with Gasteiger partial charge < -0.3 is 24.6 Å². The number of hydrogen-bond acceptors (Lipinski definition) is 4. The minimum Gasteiger partial charge on any atom is -0.495 e. The third-order valence-electron chi connectivity index (χ3n) is 4.56. The van der Waals surface area contributed by atoms with E-state index >= 15 is 0 Å². The van der Waals surface area contributed by atoms with Gasteiger partial charge in [-0.2, -0.15) is 0 Å². The number of carbonyl (C=O) groups excluding carboxylic acids is 1. The van der Waals surface area contributed by atoms with Crippen LogP contribution in [0.1, 0.15) is 26.3 Å². The summed E-state index contributed by atoms with van der Waals surface area (Å²) >= 11 is 0. The molecule has 2 rings (SSSR count). The van der Waals surface area contributed by atoms with Crippen LogP contribution in [0.2, 0.25) is 0 Å². The van der Waals surface area contributed by atoms with Crippen LogP contribution in [-0.4, -0.2) is 69.9 Å². The van der Waals surface area contributed by atoms with Crippen molar-refractivity contribution in [2.45, 2.75) is 26.2 Å². The van der Waals surface area contributed by atoms with E-state index in [1.807, 2.05) is 37.2 Å². The van der Waals surface area contributed by atoms with Crippen LogP contribution >= 0.6 is 0 Å². The minimum atomic E-state index is -0.108. The Kier molecular flexibility index (Phi) is 6.89. The molecule has 0 aliphatic carbocycles. The summed E-state index contributed by atoms with van der Waals surface area (Å²) in [5, 5.41) is 3.04. The summed E-state index contributed by atoms with van der Waals surface area (Å²) < 4.78 is 11.1. The lowest BCUT2D eigenvalue weighted by Crippen LogP contribution is -2.41. The molecule has 1 aliphatic heterocycles. The first-order chi connectivity index (χ1) is 12.2. The van der Waals surface area contributed by atoms with E-state index in [1.54, 1.807) is 7.11 Å². The van der Waals surface area contributed by atoms with Crippen LogP contribution < -0.4 is 10.1 Å². The fourth-order valence-corrected chi connectivity index (χ4v) is 3.16. The van der Waals surface area contributed by atoms with Crippen molar-refractivity contribution in [3.63, 3.8) is 0 Å². The van der Waals surface area contributed by atoms with Gasteiger partial charge in [-0.3, -0.25) is 0 Å². The van der Waals surface area contributed by atoms with Crippen LogP contribution in [0.5, 0.6) is 5.75 Å². The molecule has 2 amide bonds. The number of rotatable bonds is 4. The Morgan fingerprint density at radius 3 is 2.73 bits per heavy atom. The molecule has 0 bridgehead atoms. The van der Waals surface area contributed by atoms with Crippen molar-refractivity contribution < 1.29 is 14.3 Å². The van der Waals surface area contributed by atoms with Crippen molar-refractivity contribution in [2.75, 3.05) is 59.4 Å². The number of hydrogen-bond donors (Lipinski definition) is 1. The summed E-state index contributed by atoms with van der Waals surface area (Å²) in [6.07, 6.45) is 0. The summed E-state index contributed by atoms with van der Waals surface area (Å²) in [5.74, 6) is 0.975. The molecule has 6 nitrogen and oxygen atoms in total. The van der Waals surface area contributed by atoms with Gasteiger partial charge in [0.25, 0.3) is 0 Å². The number of urea groups is 1. The molecule has 1 fully saturated rings. The zero-order valence-electron chi connectivity index (χ0n) is 17.0. The van der Waals surface area contributed by atoms with Gasteiger partial charge in [0.05, 0.1) is 26.0 Å². The Hall–Kier alpha value is -1.79. The predicted molar refractivity (Wildman–Crippen MR) is 105 cm³/mol. The molecule has 1 aromatic carbocycles. The molecule has 0 radical (unpaired) electrons. The summed E-state index contributed by atoms with van der Waals surface area (Å²) in [6, 6.07) is 5.85. The molecule has 1 aliphatic rings. The highest BCUT2D eigenvalue weighted by Crippen LogP contribution is 2.31. The molecule has 26 heavy (non-hydrogen) atoms. The first-order valence-electron chi connectivity index (χ1n) is 9.17. The first-order valence-corrected chi connectivity index (χ1v) is 9.17. The second-order valence-electron chi connectivity index (χ2n) is 8.24. The molecular formula is C20H33N3O3. The Bertz CT molecular complexity index is 611. The average molecular weight is 364 g/mol. The number of ether oxygens (including phenoxy) is 2. The van der Waals surface area contributed by atoms with Crippen molar-refractivity contribution in [3.05, 3.63) is 23.8 Å². The maximum atomic E-state index is 12.9. The molecule has 1 atom stereocenters. The summed E-state index contributed by atoms with van der Waals surface area (Å²) in [7, 11) is 5.70. The van der Waals surface area contributed by atoms with Crippen molar-refractivity contribution in [1.29, 1.82) is 0 Å². The lowest BCUT2D eigenvalue weighted by molar-refractivity contribution is 0.112. The minimum absolute atomic E-state index is 0.000993. The van der Waals surface area contributed by atoms with E-state index < -0.39 is 0 Å². The highest BCUT2D eigenvalue weighted by atomic mass is 16.5. The lowest BCUT2D eigenvalue weighted by atomic mass is 9.87. The van der Waals surface area contributed by atoms with Crippen LogP contribution in [0, 0.1) is 5.92 Å². The van der Waals surface area contributed by atoms with E-state index in [-0.39, 0.29) is 11.4 Å². The molecule has 6 heteroatoms. The maximum absolute atomic E-state index is 12.9. The Balaban J connectivity index is 2.14. The largest absolute Gasteiger partial charge is 0.495 e. The molecule has 1 heterocycles. The number of amides is 2. The van der Waals surface area contributed by atoms with Crippen molar-refractivity contribution >= 4 is 11.7 Å². The summed E-state index contributed by atoms with van der Waals surface area (Å²) in [6.45, 7) is 9.88. The second kappa shape index (κ2) is 8.73. The standard InChI is InChI=1S/C20H33N3O3/c1-20(2,3)16-7-8-18(25-6)17(11-16)21-19(24)23-9-10-26-14-15(13-23)12-22(4)5/h7-8,11,15H,9-10,12-14H2,1-6H3,(H,21,24). The van der Waals surface area contributed by atoms with E-state index in [0.29, 0.717) is 43.7 Å². The predicted octanol–water partition coefficient (Wildman–Crippen LogP) is 3.03. The van der Waals surface area contributed by atoms with Crippen LogP contribution in [0.15, 0.2) is 18.2 Å². The van der Waals surface area contributed by atoms with Gasteiger partial charge in [-0.05, 0) is 37.2 Å². The molecule has 0 aromatic heterocycles. The molecule has 1 N–H and O–H groups in total. The van der Waals surface area contributed by atoms with Crippen molar-refractivity contribution in [2.24, 2.45) is 5.92 Å². The summed E-state index contributed by atoms with van der Waals surface area (Å²) in [5.41, 5.74) is 1.86. The van der Waals surface area contributed by atoms with Gasteiger partial charge in [0, 0.05) is 25.6 Å². The van der Waals surface area contributed by atoms with Gasteiger partial charge in [0.15, 0.2) is 0 Å². The van der Waals surface area contributed by atoms with E-state index in [2.05, 4.69) is 31.0 Å². The quantitative estimate of drug-likeness (QED) is 0.893. The van der Waals surface area contributed by atoms with Gasteiger partial charge in [-0.15, -0.1) is 0 Å². The van der Waals surface area contributed by atoms with Gasteiger partial charge in [0.2, 0.25) is 0 Å². The molecule has 1 saturated heterocycles. The molecule has 1 aromatic rings. The third-order valence-corrected chi connectivity index (χ3v) is 4.56. The zero-order valence-corrected chi connectivity index (χ0v) is 17.0. The average Bonchev–Trinajstić information content (AvgIpc) is 2.79. The second-order valence-corrected chi connectivity index (χ2v) is 8.24. The first kappa shape index (κ1) is 20.5. The van der Waals surface area contributed by atoms with Crippen LogP contribution in [0.4, 0.5) is 10.5 Å². The van der Waals surface area contributed by atoms with E-state index in [9.17, 15) is 4.79 Å². The number of nitrogens with zero attached hydrogens (tertiary/aromatic N) is 2. The lowest BCUT2D eigenvalue weighted by Gasteiger charge is -2.26. The van der Waals surface area contributed by atoms with Crippen molar-refractivity contribution in [1.82, 2.24) is 9.80 Å². The molecule has 1 unspecified atom stereocenters. The van der Waals surface area contributed by atoms with Crippen LogP contribution in [0.25, 0.3) is 0 Å². The van der Waals surface area contributed by atoms with E-state index in [4.69, 9.17) is 9.47 Å². The van der Waals surface area contributed by atoms with Gasteiger partial charge in [0.1, 0.15) is 5.75 Å². The van der Waals surface area contributed by atoms with E-state index in [0.717, 1.165) is 12.1 Å². The number of anilines is 1. The number of nitrogens with one attached hydrogen (secondary N) is 1. The van der Waals surface area contributed by atoms with Crippen molar-refractivity contribution in [3.8, 4) is 5.75 Å². The fourth-order valence-electron chi connectivity index (χ4n) is 3.16. The highest BCUT2D eigenvalue weighted by molar-refractivity contribution is 5.91.